The summed E-state index contributed by atoms with van der Waals surface area (Å²) >= 11 is 0. The lowest BCUT2D eigenvalue weighted by atomic mass is 10.2. The summed E-state index contributed by atoms with van der Waals surface area (Å²) in [6.07, 6.45) is 3.05. The quantitative estimate of drug-likeness (QED) is 0.744. The molecule has 0 unspecified atom stereocenters. The van der Waals surface area contributed by atoms with Gasteiger partial charge in [-0.3, -0.25) is 9.59 Å². The molecule has 0 spiro atoms. The molecule has 0 bridgehead atoms. The van der Waals surface area contributed by atoms with Gasteiger partial charge in [-0.15, -0.1) is 0 Å². The smallest absolute Gasteiger partial charge is 0.293 e. The number of benzene rings is 1. The number of carbonyl (C=O) groups is 1. The minimum Gasteiger partial charge on any atom is -0.399 e. The van der Waals surface area contributed by atoms with Gasteiger partial charge in [-0.05, 0) is 17.7 Å². The van der Waals surface area contributed by atoms with Crippen LogP contribution >= 0.6 is 0 Å². The van der Waals surface area contributed by atoms with Crippen molar-refractivity contribution < 1.29 is 4.79 Å². The summed E-state index contributed by atoms with van der Waals surface area (Å²) in [4.78, 5) is 29.0. The van der Waals surface area contributed by atoms with Crippen LogP contribution in [0.2, 0.25) is 0 Å². The second-order valence-electron chi connectivity index (χ2n) is 4.73. The third-order valence-electron chi connectivity index (χ3n) is 2.97. The van der Waals surface area contributed by atoms with Crippen molar-refractivity contribution in [1.82, 2.24) is 9.55 Å². The maximum absolute atomic E-state index is 12.1. The number of nitrogens with two attached hydrogens (primary N) is 2. The fourth-order valence-corrected chi connectivity index (χ4v) is 2.01. The van der Waals surface area contributed by atoms with E-state index >= 15 is 0 Å². The van der Waals surface area contributed by atoms with Crippen LogP contribution in [-0.4, -0.2) is 22.0 Å². The lowest BCUT2D eigenvalue weighted by Crippen LogP contribution is -2.38. The first-order valence-electron chi connectivity index (χ1n) is 6.36. The number of anilines is 2. The van der Waals surface area contributed by atoms with Crippen molar-refractivity contribution in [2.75, 3.05) is 17.2 Å². The summed E-state index contributed by atoms with van der Waals surface area (Å²) in [5.41, 5.74) is 12.2. The summed E-state index contributed by atoms with van der Waals surface area (Å²) in [6.45, 7) is 0.223. The van der Waals surface area contributed by atoms with E-state index in [1.165, 1.54) is 10.8 Å². The molecule has 2 rings (SSSR count). The average molecular weight is 287 g/mol. The van der Waals surface area contributed by atoms with Crippen molar-refractivity contribution in [3.05, 3.63) is 52.6 Å². The summed E-state index contributed by atoms with van der Waals surface area (Å²) in [5, 5.41) is 0. The Hall–Kier alpha value is -2.83. The summed E-state index contributed by atoms with van der Waals surface area (Å²) < 4.78 is 1.40. The Morgan fingerprint density at radius 2 is 2.19 bits per heavy atom. The molecule has 0 fully saturated rings. The molecule has 21 heavy (non-hydrogen) atoms. The summed E-state index contributed by atoms with van der Waals surface area (Å²) in [7, 11) is 1.62. The van der Waals surface area contributed by atoms with Gasteiger partial charge in [0.05, 0.1) is 6.54 Å². The summed E-state index contributed by atoms with van der Waals surface area (Å²) in [5.74, 6) is -0.354. The summed E-state index contributed by atoms with van der Waals surface area (Å²) in [6, 6.07) is 7.21. The lowest BCUT2D eigenvalue weighted by Gasteiger charge is -2.22. The first-order chi connectivity index (χ1) is 9.97. The Morgan fingerprint density at radius 1 is 1.43 bits per heavy atom. The predicted molar refractivity (Wildman–Crippen MR) is 80.6 cm³/mol. The van der Waals surface area contributed by atoms with E-state index in [1.807, 2.05) is 12.1 Å². The van der Waals surface area contributed by atoms with E-state index < -0.39 is 5.91 Å². The Bertz CT molecular complexity index is 711. The van der Waals surface area contributed by atoms with E-state index in [0.29, 0.717) is 12.2 Å². The molecular formula is C14H17N5O2. The fourth-order valence-electron chi connectivity index (χ4n) is 2.01. The van der Waals surface area contributed by atoms with E-state index in [-0.39, 0.29) is 17.9 Å². The van der Waals surface area contributed by atoms with Crippen LogP contribution in [0, 0.1) is 0 Å². The van der Waals surface area contributed by atoms with Gasteiger partial charge in [-0.25, -0.2) is 4.98 Å². The molecule has 2 aromatic rings. The van der Waals surface area contributed by atoms with Crippen molar-refractivity contribution in [2.45, 2.75) is 6.54 Å². The highest BCUT2D eigenvalue weighted by atomic mass is 16.1. The average Bonchev–Trinajstić information content (AvgIpc) is 2.41. The molecule has 1 amide bonds. The molecule has 1 heterocycles. The highest BCUT2D eigenvalue weighted by Crippen LogP contribution is 2.12. The number of aromatic nitrogens is 2. The minimum absolute atomic E-state index is 0.0962. The number of amides is 1. The first kappa shape index (κ1) is 14.6. The normalized spacial score (nSPS) is 10.3. The van der Waals surface area contributed by atoms with Crippen LogP contribution in [0.4, 0.5) is 11.5 Å². The van der Waals surface area contributed by atoms with Crippen LogP contribution in [0.25, 0.3) is 0 Å². The maximum atomic E-state index is 12.1. The number of aryl methyl sites for hydroxylation is 1. The maximum Gasteiger partial charge on any atom is 0.293 e. The number of primary amides is 1. The van der Waals surface area contributed by atoms with Crippen LogP contribution in [0.1, 0.15) is 5.56 Å². The SMILES string of the molecule is Cn1ccnc(N(CC(N)=O)Cc2cccc(N)c2)c1=O. The Morgan fingerprint density at radius 3 is 2.86 bits per heavy atom. The van der Waals surface area contributed by atoms with Gasteiger partial charge in [0.2, 0.25) is 5.91 Å². The molecule has 110 valence electrons. The molecule has 1 aromatic heterocycles. The number of hydrogen-bond donors (Lipinski definition) is 2. The Labute approximate surface area is 121 Å². The highest BCUT2D eigenvalue weighted by molar-refractivity contribution is 5.79. The van der Waals surface area contributed by atoms with Gasteiger partial charge in [0.1, 0.15) is 0 Å². The predicted octanol–water partition coefficient (Wildman–Crippen LogP) is -0.146. The van der Waals surface area contributed by atoms with E-state index in [2.05, 4.69) is 4.98 Å². The largest absolute Gasteiger partial charge is 0.399 e. The molecule has 0 aliphatic rings. The second-order valence-corrected chi connectivity index (χ2v) is 4.73. The van der Waals surface area contributed by atoms with Gasteiger partial charge in [0.15, 0.2) is 5.82 Å². The standard InChI is InChI=1S/C14H17N5O2/c1-18-6-5-17-13(14(18)21)19(9-12(16)20)8-10-3-2-4-11(15)7-10/h2-7H,8-9,15H2,1H3,(H2,16,20). The molecule has 7 heteroatoms. The van der Waals surface area contributed by atoms with E-state index in [0.717, 1.165) is 5.56 Å². The van der Waals surface area contributed by atoms with Gasteiger partial charge >= 0.3 is 0 Å². The van der Waals surface area contributed by atoms with E-state index in [9.17, 15) is 9.59 Å². The molecule has 1 aromatic carbocycles. The molecule has 4 N–H and O–H groups in total. The molecule has 0 aliphatic carbocycles. The van der Waals surface area contributed by atoms with Gasteiger partial charge < -0.3 is 20.9 Å². The van der Waals surface area contributed by atoms with Crippen molar-refractivity contribution in [3.8, 4) is 0 Å². The molecule has 0 saturated carbocycles. The topological polar surface area (TPSA) is 107 Å². The van der Waals surface area contributed by atoms with Gasteiger partial charge in [-0.1, -0.05) is 12.1 Å². The van der Waals surface area contributed by atoms with E-state index in [4.69, 9.17) is 11.5 Å². The molecule has 0 atom stereocenters. The zero-order valence-corrected chi connectivity index (χ0v) is 11.7. The van der Waals surface area contributed by atoms with Gasteiger partial charge in [-0.2, -0.15) is 0 Å². The van der Waals surface area contributed by atoms with Crippen molar-refractivity contribution in [1.29, 1.82) is 0 Å². The molecule has 0 saturated heterocycles. The molecule has 7 nitrogen and oxygen atoms in total. The third kappa shape index (κ3) is 3.59. The first-order valence-corrected chi connectivity index (χ1v) is 6.36. The highest BCUT2D eigenvalue weighted by Gasteiger charge is 2.15. The number of hydrogen-bond acceptors (Lipinski definition) is 5. The van der Waals surface area contributed by atoms with Crippen molar-refractivity contribution >= 4 is 17.4 Å². The third-order valence-corrected chi connectivity index (χ3v) is 2.97. The fraction of sp³-hybridized carbons (Fsp3) is 0.214. The monoisotopic (exact) mass is 287 g/mol. The van der Waals surface area contributed by atoms with Crippen LogP contribution in [-0.2, 0) is 18.4 Å². The number of nitrogens with zero attached hydrogens (tertiary/aromatic N) is 3. The van der Waals surface area contributed by atoms with Crippen LogP contribution in [0.3, 0.4) is 0 Å². The number of nitrogen functional groups attached to an aromatic ring is 1. The minimum atomic E-state index is -0.536. The van der Waals surface area contributed by atoms with Gasteiger partial charge in [0, 0.05) is 31.7 Å². The molecular weight excluding hydrogens is 270 g/mol. The van der Waals surface area contributed by atoms with Crippen LogP contribution in [0.5, 0.6) is 0 Å². The molecule has 0 radical (unpaired) electrons. The zero-order valence-electron chi connectivity index (χ0n) is 11.7. The zero-order chi connectivity index (χ0) is 15.4. The lowest BCUT2D eigenvalue weighted by molar-refractivity contribution is -0.116. The molecule has 0 aliphatic heterocycles. The number of rotatable bonds is 5. The van der Waals surface area contributed by atoms with Crippen molar-refractivity contribution in [2.24, 2.45) is 12.8 Å². The number of carbonyl (C=O) groups excluding carboxylic acids is 1. The Kier molecular flexibility index (Phi) is 4.22. The Balaban J connectivity index is 2.37. The second kappa shape index (κ2) is 6.08. The van der Waals surface area contributed by atoms with Gasteiger partial charge in [0.25, 0.3) is 5.56 Å². The van der Waals surface area contributed by atoms with Crippen LogP contribution < -0.4 is 21.9 Å². The van der Waals surface area contributed by atoms with Crippen LogP contribution in [0.15, 0.2) is 41.5 Å². The van der Waals surface area contributed by atoms with E-state index in [1.54, 1.807) is 30.3 Å². The van der Waals surface area contributed by atoms with Crippen molar-refractivity contribution in [3.63, 3.8) is 0 Å².